The number of hydrogen-bond donors (Lipinski definition) is 0. The van der Waals surface area contributed by atoms with Crippen LogP contribution in [0.4, 0.5) is 0 Å². The summed E-state index contributed by atoms with van der Waals surface area (Å²) in [6.07, 6.45) is 2.75. The molecule has 1 aliphatic rings. The second-order valence-electron chi connectivity index (χ2n) is 5.82. The molecule has 0 aliphatic carbocycles. The number of Topliss-reactive ketones (excluding diaryl/α,β-unsaturated/α-hetero) is 1. The normalized spacial score (nSPS) is 19.1. The zero-order valence-corrected chi connectivity index (χ0v) is 13.6. The summed E-state index contributed by atoms with van der Waals surface area (Å²) in [4.78, 5) is 14.6. The van der Waals surface area contributed by atoms with Gasteiger partial charge >= 0.3 is 0 Å². The van der Waals surface area contributed by atoms with E-state index in [-0.39, 0.29) is 11.8 Å². The molecule has 2 aromatic heterocycles. The molecule has 0 spiro atoms. The molecule has 3 rings (SSSR count). The summed E-state index contributed by atoms with van der Waals surface area (Å²) in [5, 5.41) is 4.11. The van der Waals surface area contributed by atoms with Gasteiger partial charge in [0.05, 0.1) is 25.2 Å². The molecule has 0 amide bonds. The van der Waals surface area contributed by atoms with Crippen LogP contribution in [0, 0.1) is 6.92 Å². The topological polar surface area (TPSA) is 68.7 Å². The van der Waals surface area contributed by atoms with Crippen molar-refractivity contribution in [2.75, 3.05) is 19.8 Å². The van der Waals surface area contributed by atoms with Crippen LogP contribution in [-0.2, 0) is 17.7 Å². The lowest BCUT2D eigenvalue weighted by Crippen LogP contribution is -2.46. The standard InChI is InChI=1S/C17H22N2O4/c1-3-15-14(12(2)23-18-15)10-19-6-8-21-11-13(19)9-16(20)17-5-4-7-22-17/h4-5,7,13H,3,6,8-11H2,1-2H3/t13-/m1/s1. The van der Waals surface area contributed by atoms with Crippen LogP contribution in [-0.4, -0.2) is 41.6 Å². The van der Waals surface area contributed by atoms with Crippen molar-refractivity contribution in [3.63, 3.8) is 0 Å². The van der Waals surface area contributed by atoms with Crippen LogP contribution in [0.2, 0.25) is 0 Å². The molecule has 0 unspecified atom stereocenters. The number of carbonyl (C=O) groups is 1. The molecule has 1 atom stereocenters. The van der Waals surface area contributed by atoms with Gasteiger partial charge in [0.1, 0.15) is 5.76 Å². The Hall–Kier alpha value is -1.92. The van der Waals surface area contributed by atoms with Crippen LogP contribution in [0.1, 0.15) is 40.9 Å². The minimum atomic E-state index is 0.00764. The number of aryl methyl sites for hydroxylation is 2. The molecule has 6 heteroatoms. The molecule has 0 radical (unpaired) electrons. The molecule has 23 heavy (non-hydrogen) atoms. The van der Waals surface area contributed by atoms with Gasteiger partial charge in [0.15, 0.2) is 11.5 Å². The number of ether oxygens (including phenoxy) is 1. The van der Waals surface area contributed by atoms with E-state index in [1.54, 1.807) is 12.1 Å². The van der Waals surface area contributed by atoms with Gasteiger partial charge in [-0.3, -0.25) is 9.69 Å². The first kappa shape index (κ1) is 16.0. The number of carbonyl (C=O) groups excluding carboxylic acids is 1. The first-order valence-corrected chi connectivity index (χ1v) is 8.01. The summed E-state index contributed by atoms with van der Waals surface area (Å²) in [6.45, 7) is 6.76. The average Bonchev–Trinajstić information content (AvgIpc) is 3.20. The summed E-state index contributed by atoms with van der Waals surface area (Å²) in [7, 11) is 0. The predicted octanol–water partition coefficient (Wildman–Crippen LogP) is 2.61. The van der Waals surface area contributed by atoms with Gasteiger partial charge < -0.3 is 13.7 Å². The third-order valence-electron chi connectivity index (χ3n) is 4.33. The summed E-state index contributed by atoms with van der Waals surface area (Å²) in [6, 6.07) is 3.48. The molecule has 124 valence electrons. The van der Waals surface area contributed by atoms with Crippen molar-refractivity contribution < 1.29 is 18.5 Å². The van der Waals surface area contributed by atoms with Crippen molar-refractivity contribution in [2.24, 2.45) is 0 Å². The molecule has 1 fully saturated rings. The zero-order chi connectivity index (χ0) is 16.2. The summed E-state index contributed by atoms with van der Waals surface area (Å²) >= 11 is 0. The van der Waals surface area contributed by atoms with Crippen molar-refractivity contribution in [2.45, 2.75) is 39.3 Å². The molecule has 0 saturated carbocycles. The van der Waals surface area contributed by atoms with E-state index in [1.807, 2.05) is 6.92 Å². The van der Waals surface area contributed by atoms with Crippen LogP contribution in [0.25, 0.3) is 0 Å². The van der Waals surface area contributed by atoms with Gasteiger partial charge in [0.25, 0.3) is 0 Å². The van der Waals surface area contributed by atoms with Gasteiger partial charge in [-0.1, -0.05) is 12.1 Å². The smallest absolute Gasteiger partial charge is 0.199 e. The number of hydrogen-bond acceptors (Lipinski definition) is 6. The lowest BCUT2D eigenvalue weighted by molar-refractivity contribution is -0.0130. The van der Waals surface area contributed by atoms with Crippen molar-refractivity contribution in [3.05, 3.63) is 41.2 Å². The maximum atomic E-state index is 12.3. The van der Waals surface area contributed by atoms with Gasteiger partial charge in [-0.05, 0) is 25.5 Å². The summed E-state index contributed by atoms with van der Waals surface area (Å²) < 4.78 is 16.1. The average molecular weight is 318 g/mol. The molecule has 0 aromatic carbocycles. The lowest BCUT2D eigenvalue weighted by atomic mass is 10.0. The number of morpholine rings is 1. The highest BCUT2D eigenvalue weighted by molar-refractivity contribution is 5.93. The molecule has 3 heterocycles. The Morgan fingerprint density at radius 2 is 2.35 bits per heavy atom. The number of aromatic nitrogens is 1. The summed E-state index contributed by atoms with van der Waals surface area (Å²) in [5.74, 6) is 1.27. The van der Waals surface area contributed by atoms with E-state index in [0.717, 1.165) is 36.5 Å². The van der Waals surface area contributed by atoms with Crippen LogP contribution in [0.15, 0.2) is 27.3 Å². The number of rotatable bonds is 6. The van der Waals surface area contributed by atoms with E-state index in [4.69, 9.17) is 13.7 Å². The van der Waals surface area contributed by atoms with E-state index >= 15 is 0 Å². The van der Waals surface area contributed by atoms with Crippen molar-refractivity contribution in [1.29, 1.82) is 0 Å². The highest BCUT2D eigenvalue weighted by atomic mass is 16.5. The van der Waals surface area contributed by atoms with Crippen LogP contribution in [0.5, 0.6) is 0 Å². The monoisotopic (exact) mass is 318 g/mol. The predicted molar refractivity (Wildman–Crippen MR) is 83.3 cm³/mol. The van der Waals surface area contributed by atoms with E-state index < -0.39 is 0 Å². The zero-order valence-electron chi connectivity index (χ0n) is 13.6. The number of furan rings is 1. The fourth-order valence-corrected chi connectivity index (χ4v) is 2.96. The highest BCUT2D eigenvalue weighted by Gasteiger charge is 2.28. The highest BCUT2D eigenvalue weighted by Crippen LogP contribution is 2.21. The SMILES string of the molecule is CCc1noc(C)c1CN1CCOC[C@H]1CC(=O)c1ccco1. The van der Waals surface area contributed by atoms with E-state index in [0.29, 0.717) is 25.4 Å². The summed E-state index contributed by atoms with van der Waals surface area (Å²) in [5.41, 5.74) is 2.12. The largest absolute Gasteiger partial charge is 0.461 e. The second-order valence-corrected chi connectivity index (χ2v) is 5.82. The van der Waals surface area contributed by atoms with Gasteiger partial charge in [0.2, 0.25) is 0 Å². The molecule has 0 N–H and O–H groups in total. The Kier molecular flexibility index (Phi) is 4.93. The third kappa shape index (κ3) is 3.54. The molecule has 1 saturated heterocycles. The van der Waals surface area contributed by atoms with Crippen molar-refractivity contribution in [1.82, 2.24) is 10.1 Å². The van der Waals surface area contributed by atoms with Gasteiger partial charge in [0, 0.05) is 31.1 Å². The molecule has 0 bridgehead atoms. The first-order chi connectivity index (χ1) is 11.2. The Balaban J connectivity index is 1.71. The fourth-order valence-electron chi connectivity index (χ4n) is 2.96. The van der Waals surface area contributed by atoms with Crippen molar-refractivity contribution >= 4 is 5.78 Å². The molecular formula is C17H22N2O4. The Bertz CT molecular complexity index is 648. The third-order valence-corrected chi connectivity index (χ3v) is 4.33. The minimum Gasteiger partial charge on any atom is -0.461 e. The van der Waals surface area contributed by atoms with E-state index in [9.17, 15) is 4.79 Å². The maximum Gasteiger partial charge on any atom is 0.199 e. The van der Waals surface area contributed by atoms with E-state index in [2.05, 4.69) is 17.0 Å². The Labute approximate surface area is 135 Å². The Morgan fingerprint density at radius 1 is 1.48 bits per heavy atom. The van der Waals surface area contributed by atoms with Crippen LogP contribution in [0.3, 0.4) is 0 Å². The van der Waals surface area contributed by atoms with Crippen LogP contribution >= 0.6 is 0 Å². The quantitative estimate of drug-likeness (QED) is 0.763. The number of nitrogens with zero attached hydrogens (tertiary/aromatic N) is 2. The molecule has 6 nitrogen and oxygen atoms in total. The first-order valence-electron chi connectivity index (χ1n) is 8.01. The lowest BCUT2D eigenvalue weighted by Gasteiger charge is -2.35. The van der Waals surface area contributed by atoms with Crippen molar-refractivity contribution in [3.8, 4) is 0 Å². The van der Waals surface area contributed by atoms with Gasteiger partial charge in [-0.2, -0.15) is 0 Å². The van der Waals surface area contributed by atoms with Gasteiger partial charge in [-0.15, -0.1) is 0 Å². The Morgan fingerprint density at radius 3 is 3.09 bits per heavy atom. The molecule has 2 aromatic rings. The fraction of sp³-hybridized carbons (Fsp3) is 0.529. The molecule has 1 aliphatic heterocycles. The van der Waals surface area contributed by atoms with Crippen LogP contribution < -0.4 is 0 Å². The second kappa shape index (κ2) is 7.10. The van der Waals surface area contributed by atoms with E-state index in [1.165, 1.54) is 6.26 Å². The number of ketones is 1. The minimum absolute atomic E-state index is 0.00764. The van der Waals surface area contributed by atoms with Gasteiger partial charge in [-0.25, -0.2) is 0 Å². The maximum absolute atomic E-state index is 12.3. The molecular weight excluding hydrogens is 296 g/mol.